The fourth-order valence-electron chi connectivity index (χ4n) is 1.44. The quantitative estimate of drug-likeness (QED) is 0.452. The van der Waals surface area contributed by atoms with Crippen LogP contribution in [0.3, 0.4) is 0 Å². The zero-order valence-electron chi connectivity index (χ0n) is 10.1. The lowest BCUT2D eigenvalue weighted by molar-refractivity contribution is -0.108. The van der Waals surface area contributed by atoms with E-state index in [-0.39, 0.29) is 5.54 Å². The molecule has 5 heteroatoms. The Balaban J connectivity index is 4.64. The van der Waals surface area contributed by atoms with Crippen molar-refractivity contribution < 1.29 is 18.1 Å². The fraction of sp³-hybridized carbons (Fsp3) is 0.900. The van der Waals surface area contributed by atoms with E-state index in [2.05, 4.69) is 0 Å². The summed E-state index contributed by atoms with van der Waals surface area (Å²) in [6, 6.07) is 0. The van der Waals surface area contributed by atoms with Crippen LogP contribution < -0.4 is 0 Å². The summed E-state index contributed by atoms with van der Waals surface area (Å²) in [6.45, 7) is 9.33. The largest absolute Gasteiger partial charge is 0.504 e. The summed E-state index contributed by atoms with van der Waals surface area (Å²) in [4.78, 5) is 10.5. The van der Waals surface area contributed by atoms with Gasteiger partial charge in [-0.15, -0.1) is 0 Å². The van der Waals surface area contributed by atoms with E-state index in [1.165, 1.54) is 0 Å². The zero-order chi connectivity index (χ0) is 11.7. The van der Waals surface area contributed by atoms with E-state index < -0.39 is 8.80 Å². The zero-order valence-corrected chi connectivity index (χ0v) is 11.1. The van der Waals surface area contributed by atoms with E-state index in [0.717, 1.165) is 6.29 Å². The molecule has 0 rings (SSSR count). The van der Waals surface area contributed by atoms with Crippen LogP contribution in [0.2, 0.25) is 5.54 Å². The maximum Gasteiger partial charge on any atom is 0.504 e. The van der Waals surface area contributed by atoms with Gasteiger partial charge in [-0.25, -0.2) is 0 Å². The lowest BCUT2D eigenvalue weighted by Gasteiger charge is -2.32. The molecule has 1 atom stereocenters. The fourth-order valence-corrected chi connectivity index (χ4v) is 4.14. The molecule has 0 bridgehead atoms. The molecule has 0 spiro atoms. The van der Waals surface area contributed by atoms with Gasteiger partial charge in [0.15, 0.2) is 0 Å². The van der Waals surface area contributed by atoms with Gasteiger partial charge in [-0.1, -0.05) is 6.92 Å². The van der Waals surface area contributed by atoms with Gasteiger partial charge in [0.25, 0.3) is 0 Å². The summed E-state index contributed by atoms with van der Waals surface area (Å²) in [5.41, 5.74) is 0.0230. The van der Waals surface area contributed by atoms with Crippen LogP contribution in [0.1, 0.15) is 34.1 Å². The van der Waals surface area contributed by atoms with Gasteiger partial charge in [0.1, 0.15) is 6.29 Å². The van der Waals surface area contributed by atoms with Crippen LogP contribution in [-0.2, 0) is 18.1 Å². The molecule has 0 aromatic carbocycles. The van der Waals surface area contributed by atoms with Crippen molar-refractivity contribution in [2.45, 2.75) is 39.7 Å². The van der Waals surface area contributed by atoms with Crippen molar-refractivity contribution in [3.8, 4) is 0 Å². The number of hydrogen-bond acceptors (Lipinski definition) is 4. The van der Waals surface area contributed by atoms with Crippen molar-refractivity contribution in [3.63, 3.8) is 0 Å². The molecule has 0 amide bonds. The highest BCUT2D eigenvalue weighted by Gasteiger charge is 2.46. The molecule has 0 aromatic heterocycles. The maximum absolute atomic E-state index is 10.5. The first-order chi connectivity index (χ1) is 7.16. The molecule has 90 valence electrons. The lowest BCUT2D eigenvalue weighted by Crippen LogP contribution is -2.49. The van der Waals surface area contributed by atoms with Gasteiger partial charge in [0.05, 0.1) is 0 Å². The van der Waals surface area contributed by atoms with Crippen LogP contribution in [0.4, 0.5) is 0 Å². The summed E-state index contributed by atoms with van der Waals surface area (Å²) >= 11 is 0. The predicted molar refractivity (Wildman–Crippen MR) is 60.7 cm³/mol. The minimum absolute atomic E-state index is 0.0230. The molecule has 0 radical (unpaired) electrons. The highest BCUT2D eigenvalue weighted by molar-refractivity contribution is 6.62. The second kappa shape index (κ2) is 7.98. The van der Waals surface area contributed by atoms with Gasteiger partial charge in [-0.2, -0.15) is 0 Å². The second-order valence-corrected chi connectivity index (χ2v) is 6.26. The Labute approximate surface area is 93.3 Å². The highest BCUT2D eigenvalue weighted by atomic mass is 28.4. The number of hydrogen-bond donors (Lipinski definition) is 0. The molecule has 0 saturated heterocycles. The monoisotopic (exact) mass is 234 g/mol. The van der Waals surface area contributed by atoms with E-state index in [1.807, 2.05) is 27.7 Å². The van der Waals surface area contributed by atoms with Gasteiger partial charge in [0, 0.05) is 31.8 Å². The average molecular weight is 234 g/mol. The van der Waals surface area contributed by atoms with E-state index in [9.17, 15) is 4.79 Å². The molecular weight excluding hydrogens is 212 g/mol. The van der Waals surface area contributed by atoms with Gasteiger partial charge in [0.2, 0.25) is 0 Å². The van der Waals surface area contributed by atoms with Crippen molar-refractivity contribution in [3.05, 3.63) is 0 Å². The Morgan fingerprint density at radius 3 is 1.73 bits per heavy atom. The molecule has 0 aliphatic carbocycles. The van der Waals surface area contributed by atoms with Crippen LogP contribution in [0.25, 0.3) is 0 Å². The van der Waals surface area contributed by atoms with Gasteiger partial charge in [-0.3, -0.25) is 0 Å². The Morgan fingerprint density at radius 2 is 1.47 bits per heavy atom. The lowest BCUT2D eigenvalue weighted by atomic mass is 10.4. The molecule has 15 heavy (non-hydrogen) atoms. The van der Waals surface area contributed by atoms with E-state index in [1.54, 1.807) is 0 Å². The van der Waals surface area contributed by atoms with E-state index >= 15 is 0 Å². The normalized spacial score (nSPS) is 13.9. The maximum atomic E-state index is 10.5. The standard InChI is InChI=1S/C10H22O4Si/c1-5-12-15(13-6-2,14-7-3)10(4)8-9-11/h9-10H,5-8H2,1-4H3. The summed E-state index contributed by atoms with van der Waals surface area (Å²) in [7, 11) is -2.65. The summed E-state index contributed by atoms with van der Waals surface area (Å²) in [5, 5.41) is 0. The van der Waals surface area contributed by atoms with Crippen LogP contribution in [0, 0.1) is 0 Å². The van der Waals surface area contributed by atoms with Gasteiger partial charge < -0.3 is 18.1 Å². The number of carbonyl (C=O) groups is 1. The third-order valence-corrected chi connectivity index (χ3v) is 5.61. The average Bonchev–Trinajstić information content (AvgIpc) is 2.19. The van der Waals surface area contributed by atoms with Crippen molar-refractivity contribution in [2.24, 2.45) is 0 Å². The van der Waals surface area contributed by atoms with E-state index in [4.69, 9.17) is 13.3 Å². The smallest absolute Gasteiger partial charge is 0.374 e. The Hall–Kier alpha value is -0.233. The molecule has 0 aliphatic heterocycles. The van der Waals surface area contributed by atoms with Crippen LogP contribution >= 0.6 is 0 Å². The minimum atomic E-state index is -2.65. The Kier molecular flexibility index (Phi) is 7.86. The molecule has 0 fully saturated rings. The molecular formula is C10H22O4Si. The predicted octanol–water partition coefficient (Wildman–Crippen LogP) is 2.01. The van der Waals surface area contributed by atoms with Gasteiger partial charge >= 0.3 is 8.80 Å². The summed E-state index contributed by atoms with van der Waals surface area (Å²) in [5.74, 6) is 0. The van der Waals surface area contributed by atoms with Crippen LogP contribution in [0.5, 0.6) is 0 Å². The third-order valence-electron chi connectivity index (χ3n) is 2.09. The summed E-state index contributed by atoms with van der Waals surface area (Å²) < 4.78 is 17.0. The minimum Gasteiger partial charge on any atom is -0.374 e. The molecule has 0 aliphatic rings. The van der Waals surface area contributed by atoms with Crippen molar-refractivity contribution in [1.82, 2.24) is 0 Å². The molecule has 0 aromatic rings. The van der Waals surface area contributed by atoms with Crippen LogP contribution in [-0.4, -0.2) is 34.9 Å². The van der Waals surface area contributed by atoms with Crippen LogP contribution in [0.15, 0.2) is 0 Å². The first kappa shape index (κ1) is 14.8. The second-order valence-electron chi connectivity index (χ2n) is 3.21. The molecule has 0 saturated carbocycles. The highest BCUT2D eigenvalue weighted by Crippen LogP contribution is 2.27. The molecule has 0 heterocycles. The van der Waals surface area contributed by atoms with Gasteiger partial charge in [-0.05, 0) is 20.8 Å². The number of rotatable bonds is 9. The van der Waals surface area contributed by atoms with Crippen molar-refractivity contribution in [2.75, 3.05) is 19.8 Å². The number of aldehydes is 1. The third kappa shape index (κ3) is 4.42. The first-order valence-electron chi connectivity index (χ1n) is 5.52. The SMILES string of the molecule is CCO[Si](OCC)(OCC)C(C)CC=O. The Bertz CT molecular complexity index is 158. The molecule has 0 N–H and O–H groups in total. The van der Waals surface area contributed by atoms with Crippen molar-refractivity contribution >= 4 is 15.1 Å². The number of carbonyl (C=O) groups excluding carboxylic acids is 1. The van der Waals surface area contributed by atoms with E-state index in [0.29, 0.717) is 26.2 Å². The first-order valence-corrected chi connectivity index (χ1v) is 7.32. The summed E-state index contributed by atoms with van der Waals surface area (Å²) in [6.07, 6.45) is 1.32. The Morgan fingerprint density at radius 1 is 1.07 bits per heavy atom. The topological polar surface area (TPSA) is 44.8 Å². The molecule has 4 nitrogen and oxygen atoms in total. The van der Waals surface area contributed by atoms with Crippen molar-refractivity contribution in [1.29, 1.82) is 0 Å². The molecule has 1 unspecified atom stereocenters.